The van der Waals surface area contributed by atoms with E-state index in [-0.39, 0.29) is 17.2 Å². The first-order chi connectivity index (χ1) is 17.7. The Balaban J connectivity index is 2.01. The first kappa shape index (κ1) is 27.4. The Hall–Kier alpha value is -4.14. The lowest BCUT2D eigenvalue weighted by atomic mass is 9.99. The molecule has 0 aliphatic heterocycles. The molecule has 0 radical (unpaired) electrons. The van der Waals surface area contributed by atoms with E-state index in [1.807, 2.05) is 61.7 Å². The van der Waals surface area contributed by atoms with E-state index in [2.05, 4.69) is 5.32 Å². The molecule has 0 bridgehead atoms. The van der Waals surface area contributed by atoms with Crippen molar-refractivity contribution in [3.8, 4) is 5.75 Å². The van der Waals surface area contributed by atoms with E-state index < -0.39 is 36.2 Å². The Morgan fingerprint density at radius 3 is 2.32 bits per heavy atom. The van der Waals surface area contributed by atoms with E-state index in [1.165, 1.54) is 7.11 Å². The lowest BCUT2D eigenvalue weighted by Crippen LogP contribution is -2.47. The van der Waals surface area contributed by atoms with Gasteiger partial charge in [-0.25, -0.2) is 4.79 Å². The third-order valence-electron chi connectivity index (χ3n) is 6.47. The maximum Gasteiger partial charge on any atom is 0.328 e. The number of nitrogens with one attached hydrogen (secondary N) is 1. The molecule has 0 saturated heterocycles. The fraction of sp³-hybridized carbons (Fsp3) is 0.357. The summed E-state index contributed by atoms with van der Waals surface area (Å²) in [4.78, 5) is 49.8. The molecule has 3 aromatic rings. The molecule has 0 fully saturated rings. The number of ketones is 1. The number of nitrogens with zero attached hydrogens (tertiary/aromatic N) is 1. The minimum absolute atomic E-state index is 0.140. The summed E-state index contributed by atoms with van der Waals surface area (Å²) in [6.07, 6.45) is 1.12. The Labute approximate surface area is 215 Å². The zero-order chi connectivity index (χ0) is 27.1. The van der Waals surface area contributed by atoms with Crippen LogP contribution in [0, 0.1) is 5.92 Å². The van der Waals surface area contributed by atoms with Crippen LogP contribution in [0.5, 0.6) is 5.75 Å². The fourth-order valence-corrected chi connectivity index (χ4v) is 4.38. The number of primary amides is 1. The van der Waals surface area contributed by atoms with Gasteiger partial charge in [0.2, 0.25) is 0 Å². The van der Waals surface area contributed by atoms with Gasteiger partial charge in [0.25, 0.3) is 17.6 Å². The van der Waals surface area contributed by atoms with Crippen LogP contribution in [0.4, 0.5) is 0 Å². The third-order valence-corrected chi connectivity index (χ3v) is 6.47. The molecule has 1 aromatic heterocycles. The van der Waals surface area contributed by atoms with E-state index in [4.69, 9.17) is 15.2 Å². The zero-order valence-corrected chi connectivity index (χ0v) is 21.6. The van der Waals surface area contributed by atoms with Gasteiger partial charge in [0.15, 0.2) is 6.61 Å². The van der Waals surface area contributed by atoms with Crippen LogP contribution in [0.15, 0.2) is 48.5 Å². The van der Waals surface area contributed by atoms with Crippen molar-refractivity contribution in [2.75, 3.05) is 13.7 Å². The van der Waals surface area contributed by atoms with Gasteiger partial charge in [-0.2, -0.15) is 0 Å². The van der Waals surface area contributed by atoms with Gasteiger partial charge in [0, 0.05) is 12.2 Å². The SMILES string of the molecule is CCc1c(C(=O)C(N)=O)c2c(OCC(=O)NC(C(=O)OC)C(C)CC)cccc2n1Cc1ccccc1. The summed E-state index contributed by atoms with van der Waals surface area (Å²) in [7, 11) is 1.27. The van der Waals surface area contributed by atoms with Gasteiger partial charge < -0.3 is 25.1 Å². The number of aromatic nitrogens is 1. The number of benzene rings is 2. The van der Waals surface area contributed by atoms with Crippen LogP contribution in [0.3, 0.4) is 0 Å². The van der Waals surface area contributed by atoms with Crippen molar-refractivity contribution >= 4 is 34.5 Å². The number of amides is 2. The average Bonchev–Trinajstić information content (AvgIpc) is 3.23. The number of hydrogen-bond acceptors (Lipinski definition) is 6. The topological polar surface area (TPSA) is 130 Å². The van der Waals surface area contributed by atoms with Crippen molar-refractivity contribution in [3.05, 3.63) is 65.4 Å². The number of rotatable bonds is 12. The van der Waals surface area contributed by atoms with Gasteiger partial charge in [0.1, 0.15) is 11.8 Å². The number of fused-ring (bicyclic) bond motifs is 1. The minimum atomic E-state index is -1.07. The quantitative estimate of drug-likeness (QED) is 0.220. The predicted molar refractivity (Wildman–Crippen MR) is 139 cm³/mol. The van der Waals surface area contributed by atoms with Crippen molar-refractivity contribution in [1.82, 2.24) is 9.88 Å². The third kappa shape index (κ3) is 5.99. The normalized spacial score (nSPS) is 12.5. The fourth-order valence-electron chi connectivity index (χ4n) is 4.38. The molecule has 2 amide bonds. The molecule has 2 atom stereocenters. The van der Waals surface area contributed by atoms with Gasteiger partial charge in [0.05, 0.1) is 23.6 Å². The maximum absolute atomic E-state index is 13.0. The summed E-state index contributed by atoms with van der Waals surface area (Å²) in [5.74, 6) is -2.83. The van der Waals surface area contributed by atoms with Gasteiger partial charge in [-0.1, -0.05) is 63.6 Å². The Morgan fingerprint density at radius 2 is 1.73 bits per heavy atom. The van der Waals surface area contributed by atoms with E-state index in [1.54, 1.807) is 12.1 Å². The number of hydrogen-bond donors (Lipinski definition) is 2. The highest BCUT2D eigenvalue weighted by Gasteiger charge is 2.29. The second-order valence-corrected chi connectivity index (χ2v) is 8.83. The number of Topliss-reactive ketones (excluding diaryl/α,β-unsaturated/α-hetero) is 1. The molecule has 0 aliphatic carbocycles. The molecule has 196 valence electrons. The van der Waals surface area contributed by atoms with Crippen LogP contribution in [0.25, 0.3) is 10.9 Å². The van der Waals surface area contributed by atoms with Crippen molar-refractivity contribution in [3.63, 3.8) is 0 Å². The first-order valence-electron chi connectivity index (χ1n) is 12.2. The van der Waals surface area contributed by atoms with Crippen LogP contribution in [0.1, 0.15) is 48.8 Å². The highest BCUT2D eigenvalue weighted by molar-refractivity contribution is 6.45. The van der Waals surface area contributed by atoms with Gasteiger partial charge >= 0.3 is 5.97 Å². The summed E-state index contributed by atoms with van der Waals surface area (Å²) in [6, 6.07) is 14.1. The first-order valence-corrected chi connectivity index (χ1v) is 12.2. The monoisotopic (exact) mass is 507 g/mol. The van der Waals surface area contributed by atoms with Crippen molar-refractivity contribution < 1.29 is 28.7 Å². The summed E-state index contributed by atoms with van der Waals surface area (Å²) in [5.41, 5.74) is 7.91. The number of ether oxygens (including phenoxy) is 2. The highest BCUT2D eigenvalue weighted by atomic mass is 16.5. The second kappa shape index (κ2) is 12.2. The molecule has 37 heavy (non-hydrogen) atoms. The summed E-state index contributed by atoms with van der Waals surface area (Å²) in [6.45, 7) is 5.70. The largest absolute Gasteiger partial charge is 0.483 e. The number of esters is 1. The lowest BCUT2D eigenvalue weighted by molar-refractivity contribution is -0.146. The molecule has 3 N–H and O–H groups in total. The zero-order valence-electron chi connectivity index (χ0n) is 21.6. The Morgan fingerprint density at radius 1 is 1.03 bits per heavy atom. The van der Waals surface area contributed by atoms with Crippen molar-refractivity contribution in [2.45, 2.75) is 46.2 Å². The van der Waals surface area contributed by atoms with E-state index in [9.17, 15) is 19.2 Å². The number of carbonyl (C=O) groups excluding carboxylic acids is 4. The molecule has 3 rings (SSSR count). The molecular weight excluding hydrogens is 474 g/mol. The summed E-state index contributed by atoms with van der Waals surface area (Å²) < 4.78 is 12.6. The van der Waals surface area contributed by atoms with Gasteiger partial charge in [-0.3, -0.25) is 14.4 Å². The summed E-state index contributed by atoms with van der Waals surface area (Å²) >= 11 is 0. The molecule has 9 heteroatoms. The molecule has 2 aromatic carbocycles. The smallest absolute Gasteiger partial charge is 0.328 e. The van der Waals surface area contributed by atoms with Crippen LogP contribution in [-0.4, -0.2) is 47.9 Å². The molecule has 2 unspecified atom stereocenters. The highest BCUT2D eigenvalue weighted by Crippen LogP contribution is 2.35. The van der Waals surface area contributed by atoms with Crippen molar-refractivity contribution in [1.29, 1.82) is 0 Å². The summed E-state index contributed by atoms with van der Waals surface area (Å²) in [5, 5.41) is 3.08. The second-order valence-electron chi connectivity index (χ2n) is 8.83. The Kier molecular flexibility index (Phi) is 9.05. The molecule has 0 spiro atoms. The predicted octanol–water partition coefficient (Wildman–Crippen LogP) is 3.00. The molecule has 0 aliphatic rings. The van der Waals surface area contributed by atoms with E-state index in [0.29, 0.717) is 36.0 Å². The van der Waals surface area contributed by atoms with Crippen LogP contribution < -0.4 is 15.8 Å². The van der Waals surface area contributed by atoms with E-state index in [0.717, 1.165) is 5.56 Å². The standard InChI is InChI=1S/C28H33N3O6/c1-5-17(3)25(28(35)36-4)30-22(32)16-37-21-14-10-13-20-23(21)24(26(33)27(29)34)19(6-2)31(20)15-18-11-8-7-9-12-18/h7-14,17,25H,5-6,15-16H2,1-4H3,(H2,29,34)(H,30,32). The number of carbonyl (C=O) groups is 4. The molecule has 1 heterocycles. The van der Waals surface area contributed by atoms with Gasteiger partial charge in [-0.15, -0.1) is 0 Å². The number of methoxy groups -OCH3 is 1. The molecule has 9 nitrogen and oxygen atoms in total. The number of nitrogens with two attached hydrogens (primary N) is 1. The lowest BCUT2D eigenvalue weighted by Gasteiger charge is -2.21. The van der Waals surface area contributed by atoms with Crippen molar-refractivity contribution in [2.24, 2.45) is 11.7 Å². The van der Waals surface area contributed by atoms with Gasteiger partial charge in [-0.05, 0) is 30.0 Å². The maximum atomic E-state index is 13.0. The van der Waals surface area contributed by atoms with Crippen LogP contribution in [0.2, 0.25) is 0 Å². The van der Waals surface area contributed by atoms with Crippen LogP contribution >= 0.6 is 0 Å². The van der Waals surface area contributed by atoms with E-state index >= 15 is 0 Å². The van der Waals surface area contributed by atoms with Crippen LogP contribution in [-0.2, 0) is 32.1 Å². The average molecular weight is 508 g/mol. The minimum Gasteiger partial charge on any atom is -0.483 e. The molecule has 0 saturated carbocycles. The molecular formula is C28H33N3O6. The Bertz CT molecular complexity index is 1300.